The first-order valence-electron chi connectivity index (χ1n) is 24.0. The van der Waals surface area contributed by atoms with E-state index in [-0.39, 0.29) is 46.6 Å². The minimum atomic E-state index is -0.715. The molecule has 1 saturated carbocycles. The monoisotopic (exact) mass is 911 g/mol. The number of rotatable bonds is 11. The highest BCUT2D eigenvalue weighted by atomic mass is 16.5. The smallest absolute Gasteiger partial charge is 0.407 e. The fourth-order valence-corrected chi connectivity index (χ4v) is 11.4. The lowest BCUT2D eigenvalue weighted by Crippen LogP contribution is -2.51. The Morgan fingerprint density at radius 1 is 0.701 bits per heavy atom. The second kappa shape index (κ2) is 17.5. The average molecular weight is 911 g/mol. The van der Waals surface area contributed by atoms with E-state index in [2.05, 4.69) is 103 Å². The van der Waals surface area contributed by atoms with Crippen molar-refractivity contribution in [1.82, 2.24) is 40.4 Å². The predicted molar refractivity (Wildman–Crippen MR) is 258 cm³/mol. The lowest BCUT2D eigenvalue weighted by Gasteiger charge is -2.31. The van der Waals surface area contributed by atoms with Crippen molar-refractivity contribution in [2.24, 2.45) is 28.6 Å². The number of hydrogen-bond donors (Lipinski definition) is 4. The van der Waals surface area contributed by atoms with Gasteiger partial charge in [0.05, 0.1) is 49.2 Å². The van der Waals surface area contributed by atoms with Gasteiger partial charge in [0.2, 0.25) is 11.8 Å². The molecule has 67 heavy (non-hydrogen) atoms. The summed E-state index contributed by atoms with van der Waals surface area (Å²) in [4.78, 5) is 73.3. The molecule has 4 amide bonds. The Labute approximate surface area is 393 Å². The number of alkyl carbamates (subject to hydrolysis) is 2. The Hall–Kier alpha value is -6.18. The summed E-state index contributed by atoms with van der Waals surface area (Å²) in [6.45, 7) is 17.5. The lowest BCUT2D eigenvalue weighted by atomic mass is 9.73. The molecule has 4 aliphatic rings. The van der Waals surface area contributed by atoms with Crippen LogP contribution >= 0.6 is 0 Å². The number of likely N-dealkylation sites (tertiary alicyclic amines) is 2. The molecule has 14 nitrogen and oxygen atoms in total. The molecule has 6 unspecified atom stereocenters. The first-order chi connectivity index (χ1) is 31.8. The van der Waals surface area contributed by atoms with Gasteiger partial charge in [-0.1, -0.05) is 97.9 Å². The molecule has 4 heterocycles. The molecule has 4 N–H and O–H groups in total. The van der Waals surface area contributed by atoms with Gasteiger partial charge in [0, 0.05) is 13.1 Å². The van der Waals surface area contributed by atoms with Crippen molar-refractivity contribution in [1.29, 1.82) is 0 Å². The van der Waals surface area contributed by atoms with Gasteiger partial charge in [0.25, 0.3) is 0 Å². The lowest BCUT2D eigenvalue weighted by molar-refractivity contribution is -0.136. The molecular weight excluding hydrogens is 845 g/mol. The molecule has 354 valence electrons. The highest BCUT2D eigenvalue weighted by molar-refractivity contribution is 5.89. The number of benzene rings is 3. The molecule has 3 aromatic carbocycles. The van der Waals surface area contributed by atoms with E-state index in [0.717, 1.165) is 58.8 Å². The summed E-state index contributed by atoms with van der Waals surface area (Å²) in [6, 6.07) is 17.8. The molecule has 5 aromatic rings. The van der Waals surface area contributed by atoms with Gasteiger partial charge in [-0.2, -0.15) is 0 Å². The molecular formula is C53H66N8O6. The minimum absolute atomic E-state index is 0.124. The number of methoxy groups -OCH3 is 2. The summed E-state index contributed by atoms with van der Waals surface area (Å²) in [5.74, 6) is 2.16. The van der Waals surface area contributed by atoms with Gasteiger partial charge < -0.3 is 39.9 Å². The van der Waals surface area contributed by atoms with Gasteiger partial charge in [-0.25, -0.2) is 19.6 Å². The zero-order valence-electron chi connectivity index (χ0n) is 40.6. The number of aromatic nitrogens is 4. The highest BCUT2D eigenvalue weighted by Crippen LogP contribution is 2.56. The van der Waals surface area contributed by atoms with Gasteiger partial charge in [-0.05, 0) is 118 Å². The largest absolute Gasteiger partial charge is 0.453 e. The maximum atomic E-state index is 14.1. The van der Waals surface area contributed by atoms with E-state index in [1.807, 2.05) is 43.7 Å². The number of nitrogens with one attached hydrogen (secondary N) is 4. The van der Waals surface area contributed by atoms with Crippen LogP contribution in [0.1, 0.15) is 122 Å². The number of carbonyl (C=O) groups excluding carboxylic acids is 4. The van der Waals surface area contributed by atoms with Gasteiger partial charge in [0.15, 0.2) is 0 Å². The molecule has 2 aromatic heterocycles. The van der Waals surface area contributed by atoms with Gasteiger partial charge in [-0.15, -0.1) is 0 Å². The molecule has 2 aliphatic heterocycles. The summed E-state index contributed by atoms with van der Waals surface area (Å²) in [7, 11) is 2.61. The predicted octanol–water partition coefficient (Wildman–Crippen LogP) is 9.70. The third-order valence-electron chi connectivity index (χ3n) is 14.9. The van der Waals surface area contributed by atoms with Crippen LogP contribution in [0, 0.1) is 28.6 Å². The number of fused-ring (bicyclic) bond motifs is 4. The number of amides is 4. The van der Waals surface area contributed by atoms with E-state index in [4.69, 9.17) is 19.4 Å². The van der Waals surface area contributed by atoms with Crippen molar-refractivity contribution >= 4 is 35.0 Å². The molecule has 0 spiro atoms. The molecule has 9 rings (SSSR count). The average Bonchev–Trinajstić information content (AvgIpc) is 4.12. The zero-order chi connectivity index (χ0) is 47.7. The van der Waals surface area contributed by atoms with Crippen molar-refractivity contribution in [2.75, 3.05) is 27.3 Å². The van der Waals surface area contributed by atoms with Crippen molar-refractivity contribution in [3.8, 4) is 33.5 Å². The van der Waals surface area contributed by atoms with Crippen molar-refractivity contribution < 1.29 is 28.7 Å². The summed E-state index contributed by atoms with van der Waals surface area (Å²) in [6.07, 6.45) is 5.59. The fraction of sp³-hybridized carbons (Fsp3) is 0.509. The van der Waals surface area contributed by atoms with Crippen LogP contribution in [-0.2, 0) is 25.5 Å². The molecule has 2 saturated heterocycles. The number of nitrogens with zero attached hydrogens (tertiary/aromatic N) is 4. The van der Waals surface area contributed by atoms with E-state index >= 15 is 0 Å². The number of aromatic amines is 2. The molecule has 6 atom stereocenters. The summed E-state index contributed by atoms with van der Waals surface area (Å²) >= 11 is 0. The number of H-pyrrole nitrogens is 2. The standard InChI is InChI=1S/C53H66N8O6/c1-28(2)44(58-50(64)66-9)48(62)60-26-52(5,6)23-41(60)46-54-25-40(57-46)31-13-11-30(12-14-31)35-19-18-34(37-21-32-15-17-36(32)43(35)37)33-16-20-38-39(22-33)56-47(55-38)42-24-53(7,8)27-61(42)49(63)45(29(3)4)59-51(65)67-10/h11-14,16,18-20,22,25,28-29,32,36,41-42,44-45H,15,17,21,23-24,26-27H2,1-10H3,(H,54,57)(H,55,56)(H,58,64)(H,59,65). The van der Waals surface area contributed by atoms with E-state index in [1.165, 1.54) is 54.9 Å². The summed E-state index contributed by atoms with van der Waals surface area (Å²) < 4.78 is 9.70. The Bertz CT molecular complexity index is 2720. The molecule has 0 radical (unpaired) electrons. The Morgan fingerprint density at radius 2 is 1.25 bits per heavy atom. The topological polar surface area (TPSA) is 175 Å². The van der Waals surface area contributed by atoms with Crippen LogP contribution in [-0.4, -0.2) is 93.1 Å². The first kappa shape index (κ1) is 46.0. The Morgan fingerprint density at radius 3 is 1.81 bits per heavy atom. The number of carbonyl (C=O) groups is 4. The van der Waals surface area contributed by atoms with Crippen molar-refractivity contribution in [3.63, 3.8) is 0 Å². The summed E-state index contributed by atoms with van der Waals surface area (Å²) in [5, 5.41) is 5.52. The van der Waals surface area contributed by atoms with Gasteiger partial charge >= 0.3 is 12.2 Å². The highest BCUT2D eigenvalue weighted by Gasteiger charge is 2.47. The van der Waals surface area contributed by atoms with E-state index in [0.29, 0.717) is 24.9 Å². The maximum Gasteiger partial charge on any atom is 0.407 e. The van der Waals surface area contributed by atoms with Crippen LogP contribution in [0.3, 0.4) is 0 Å². The normalized spacial score (nSPS) is 22.3. The third kappa shape index (κ3) is 8.68. The summed E-state index contributed by atoms with van der Waals surface area (Å²) in [5.41, 5.74) is 11.2. The second-order valence-corrected chi connectivity index (χ2v) is 21.7. The number of ether oxygens (including phenoxy) is 2. The van der Waals surface area contributed by atoms with Crippen molar-refractivity contribution in [2.45, 2.75) is 118 Å². The van der Waals surface area contributed by atoms with Gasteiger partial charge in [0.1, 0.15) is 23.7 Å². The zero-order valence-corrected chi connectivity index (χ0v) is 40.6. The molecule has 0 bridgehead atoms. The minimum Gasteiger partial charge on any atom is -0.453 e. The van der Waals surface area contributed by atoms with Gasteiger partial charge in [-0.3, -0.25) is 9.59 Å². The maximum absolute atomic E-state index is 14.1. The van der Waals surface area contributed by atoms with E-state index in [1.54, 1.807) is 0 Å². The van der Waals surface area contributed by atoms with Crippen LogP contribution in [0.2, 0.25) is 0 Å². The number of hydrogen-bond acceptors (Lipinski definition) is 8. The van der Waals surface area contributed by atoms with E-state index < -0.39 is 24.3 Å². The Balaban J connectivity index is 0.968. The Kier molecular flexibility index (Phi) is 12.0. The third-order valence-corrected chi connectivity index (χ3v) is 14.9. The number of imidazole rings is 2. The van der Waals surface area contributed by atoms with Crippen LogP contribution in [0.4, 0.5) is 9.59 Å². The van der Waals surface area contributed by atoms with Crippen molar-refractivity contribution in [3.05, 3.63) is 83.6 Å². The van der Waals surface area contributed by atoms with Crippen LogP contribution in [0.25, 0.3) is 44.5 Å². The molecule has 14 heteroatoms. The van der Waals surface area contributed by atoms with Crippen LogP contribution in [0.15, 0.2) is 60.8 Å². The second-order valence-electron chi connectivity index (χ2n) is 21.7. The molecule has 3 fully saturated rings. The van der Waals surface area contributed by atoms with Crippen LogP contribution in [0.5, 0.6) is 0 Å². The quantitative estimate of drug-likeness (QED) is 0.101. The molecule has 2 aliphatic carbocycles. The SMILES string of the molecule is COC(=O)NC(C(=O)N1CC(C)(C)CC1c1ncc(-c2ccc(-c3ccc(-c4ccc5nc(C6CC(C)(C)CN6C(=O)C(NC(=O)OC)C(C)C)[nH]c5c4)c4c3C3CCC3C4)cc2)[nH]1)C(C)C. The fourth-order valence-electron chi connectivity index (χ4n) is 11.4. The first-order valence-corrected chi connectivity index (χ1v) is 24.0. The van der Waals surface area contributed by atoms with E-state index in [9.17, 15) is 19.2 Å². The van der Waals surface area contributed by atoms with Crippen LogP contribution < -0.4 is 10.6 Å².